The lowest BCUT2D eigenvalue weighted by atomic mass is 10.1. The van der Waals surface area contributed by atoms with E-state index >= 15 is 0 Å². The van der Waals surface area contributed by atoms with Crippen LogP contribution in [0, 0.1) is 5.92 Å². The molecule has 6 nitrogen and oxygen atoms in total. The van der Waals surface area contributed by atoms with Crippen LogP contribution in [0.1, 0.15) is 23.2 Å². The van der Waals surface area contributed by atoms with Crippen molar-refractivity contribution in [2.45, 2.75) is 12.8 Å². The van der Waals surface area contributed by atoms with Gasteiger partial charge in [0.25, 0.3) is 5.91 Å². The van der Waals surface area contributed by atoms with Gasteiger partial charge in [0.15, 0.2) is 11.5 Å². The molecule has 1 aliphatic heterocycles. The third-order valence-corrected chi connectivity index (χ3v) is 3.96. The van der Waals surface area contributed by atoms with E-state index in [-0.39, 0.29) is 5.91 Å². The number of carbonyl (C=O) groups excluding carboxylic acids is 1. The molecule has 6 heteroatoms. The molecule has 0 radical (unpaired) electrons. The Morgan fingerprint density at radius 1 is 1.27 bits per heavy atom. The van der Waals surface area contributed by atoms with Gasteiger partial charge in [-0.1, -0.05) is 0 Å². The number of carbonyl (C=O) groups is 1. The van der Waals surface area contributed by atoms with E-state index in [0.29, 0.717) is 36.1 Å². The Morgan fingerprint density at radius 2 is 2.09 bits per heavy atom. The van der Waals surface area contributed by atoms with Crippen molar-refractivity contribution in [2.24, 2.45) is 5.92 Å². The largest absolute Gasteiger partial charge is 0.486 e. The predicted octanol–water partition coefficient (Wildman–Crippen LogP) is 1.99. The average Bonchev–Trinajstić information content (AvgIpc) is 3.26. The van der Waals surface area contributed by atoms with Crippen molar-refractivity contribution < 1.29 is 14.3 Å². The van der Waals surface area contributed by atoms with Gasteiger partial charge < -0.3 is 14.8 Å². The molecule has 1 aromatic carbocycles. The van der Waals surface area contributed by atoms with Gasteiger partial charge in [0.05, 0.1) is 17.5 Å². The van der Waals surface area contributed by atoms with Gasteiger partial charge >= 0.3 is 0 Å². The molecule has 1 aromatic heterocycles. The number of aromatic nitrogens is 2. The summed E-state index contributed by atoms with van der Waals surface area (Å²) in [4.78, 5) is 12.3. The number of benzene rings is 1. The van der Waals surface area contributed by atoms with Crippen molar-refractivity contribution in [1.82, 2.24) is 15.5 Å². The van der Waals surface area contributed by atoms with Gasteiger partial charge in [0.2, 0.25) is 0 Å². The number of ether oxygens (including phenoxy) is 2. The summed E-state index contributed by atoms with van der Waals surface area (Å²) in [5.41, 5.74) is 2.11. The molecule has 1 aliphatic carbocycles. The van der Waals surface area contributed by atoms with Crippen LogP contribution in [-0.4, -0.2) is 35.9 Å². The fourth-order valence-corrected chi connectivity index (χ4v) is 2.53. The molecule has 0 saturated heterocycles. The van der Waals surface area contributed by atoms with Gasteiger partial charge in [-0.15, -0.1) is 0 Å². The van der Waals surface area contributed by atoms with Crippen LogP contribution in [0.4, 0.5) is 0 Å². The van der Waals surface area contributed by atoms with E-state index in [9.17, 15) is 4.79 Å². The summed E-state index contributed by atoms with van der Waals surface area (Å²) in [6.45, 7) is 1.84. The third-order valence-electron chi connectivity index (χ3n) is 3.96. The fourth-order valence-electron chi connectivity index (χ4n) is 2.53. The van der Waals surface area contributed by atoms with Crippen molar-refractivity contribution in [3.63, 3.8) is 0 Å². The minimum absolute atomic E-state index is 0.0921. The van der Waals surface area contributed by atoms with Gasteiger partial charge in [-0.25, -0.2) is 0 Å². The van der Waals surface area contributed by atoms with Gasteiger partial charge in [0, 0.05) is 12.1 Å². The number of rotatable bonds is 4. The van der Waals surface area contributed by atoms with Crippen LogP contribution in [0.3, 0.4) is 0 Å². The topological polar surface area (TPSA) is 76.2 Å². The monoisotopic (exact) mass is 299 g/mol. The van der Waals surface area contributed by atoms with E-state index in [0.717, 1.165) is 17.9 Å². The summed E-state index contributed by atoms with van der Waals surface area (Å²) >= 11 is 0. The highest BCUT2D eigenvalue weighted by atomic mass is 16.6. The first-order chi connectivity index (χ1) is 10.8. The molecule has 1 amide bonds. The molecular weight excluding hydrogens is 282 g/mol. The predicted molar refractivity (Wildman–Crippen MR) is 80.1 cm³/mol. The average molecular weight is 299 g/mol. The van der Waals surface area contributed by atoms with E-state index in [1.165, 1.54) is 12.8 Å². The highest BCUT2D eigenvalue weighted by molar-refractivity contribution is 5.99. The molecule has 114 valence electrons. The number of nitrogens with one attached hydrogen (secondary N) is 2. The maximum Gasteiger partial charge on any atom is 0.255 e. The maximum absolute atomic E-state index is 12.3. The standard InChI is InChI=1S/C16H17N3O3/c20-16(17-8-10-1-2-10)12-9-18-19-15(12)11-3-4-13-14(7-11)22-6-5-21-13/h3-4,7,9-10H,1-2,5-6,8H2,(H,17,20)(H,18,19). The van der Waals surface area contributed by atoms with Crippen LogP contribution in [0.2, 0.25) is 0 Å². The Kier molecular flexibility index (Phi) is 3.21. The van der Waals surface area contributed by atoms with Crippen LogP contribution in [-0.2, 0) is 0 Å². The minimum atomic E-state index is -0.0921. The second kappa shape index (κ2) is 5.36. The zero-order valence-corrected chi connectivity index (χ0v) is 12.1. The van der Waals surface area contributed by atoms with E-state index in [2.05, 4.69) is 15.5 Å². The number of nitrogens with zero attached hydrogens (tertiary/aromatic N) is 1. The summed E-state index contributed by atoms with van der Waals surface area (Å²) in [6, 6.07) is 5.63. The van der Waals surface area contributed by atoms with E-state index in [1.54, 1.807) is 6.20 Å². The first-order valence-corrected chi connectivity index (χ1v) is 7.53. The highest BCUT2D eigenvalue weighted by Crippen LogP contribution is 2.35. The zero-order valence-electron chi connectivity index (χ0n) is 12.1. The summed E-state index contributed by atoms with van der Waals surface area (Å²) in [6.07, 6.45) is 3.98. The van der Waals surface area contributed by atoms with Crippen LogP contribution < -0.4 is 14.8 Å². The van der Waals surface area contributed by atoms with Crippen molar-refractivity contribution in [2.75, 3.05) is 19.8 Å². The maximum atomic E-state index is 12.3. The van der Waals surface area contributed by atoms with Crippen molar-refractivity contribution in [3.05, 3.63) is 30.0 Å². The number of hydrogen-bond acceptors (Lipinski definition) is 4. The molecule has 0 spiro atoms. The number of aromatic amines is 1. The molecule has 2 aromatic rings. The van der Waals surface area contributed by atoms with Crippen LogP contribution in [0.25, 0.3) is 11.3 Å². The first kappa shape index (κ1) is 13.2. The summed E-state index contributed by atoms with van der Waals surface area (Å²) < 4.78 is 11.1. The molecule has 2 heterocycles. The van der Waals surface area contributed by atoms with Crippen LogP contribution in [0.5, 0.6) is 11.5 Å². The number of hydrogen-bond donors (Lipinski definition) is 2. The Bertz CT molecular complexity index is 706. The molecule has 0 atom stereocenters. The molecular formula is C16H17N3O3. The second-order valence-corrected chi connectivity index (χ2v) is 5.67. The van der Waals surface area contributed by atoms with Gasteiger partial charge in [-0.3, -0.25) is 9.89 Å². The van der Waals surface area contributed by atoms with Gasteiger partial charge in [-0.2, -0.15) is 5.10 Å². The van der Waals surface area contributed by atoms with Crippen LogP contribution in [0.15, 0.2) is 24.4 Å². The molecule has 1 fully saturated rings. The molecule has 22 heavy (non-hydrogen) atoms. The lowest BCUT2D eigenvalue weighted by molar-refractivity contribution is 0.0952. The lowest BCUT2D eigenvalue weighted by Crippen LogP contribution is -2.25. The Morgan fingerprint density at radius 3 is 2.91 bits per heavy atom. The molecule has 0 bridgehead atoms. The Labute approximate surface area is 127 Å². The highest BCUT2D eigenvalue weighted by Gasteiger charge is 2.23. The molecule has 0 unspecified atom stereocenters. The van der Waals surface area contributed by atoms with E-state index in [4.69, 9.17) is 9.47 Å². The smallest absolute Gasteiger partial charge is 0.255 e. The lowest BCUT2D eigenvalue weighted by Gasteiger charge is -2.18. The number of fused-ring (bicyclic) bond motifs is 1. The van der Waals surface area contributed by atoms with Crippen molar-refractivity contribution >= 4 is 5.91 Å². The first-order valence-electron chi connectivity index (χ1n) is 7.53. The SMILES string of the molecule is O=C(NCC1CC1)c1cn[nH]c1-c1ccc2c(c1)OCCO2. The zero-order chi connectivity index (χ0) is 14.9. The van der Waals surface area contributed by atoms with Gasteiger partial charge in [0.1, 0.15) is 13.2 Å². The fraction of sp³-hybridized carbons (Fsp3) is 0.375. The third kappa shape index (κ3) is 2.52. The Hall–Kier alpha value is -2.50. The minimum Gasteiger partial charge on any atom is -0.486 e. The van der Waals surface area contributed by atoms with Crippen molar-refractivity contribution in [1.29, 1.82) is 0 Å². The van der Waals surface area contributed by atoms with Crippen LogP contribution >= 0.6 is 0 Å². The molecule has 4 rings (SSSR count). The second-order valence-electron chi connectivity index (χ2n) is 5.67. The molecule has 1 saturated carbocycles. The molecule has 2 aliphatic rings. The van der Waals surface area contributed by atoms with E-state index < -0.39 is 0 Å². The quantitative estimate of drug-likeness (QED) is 0.905. The summed E-state index contributed by atoms with van der Waals surface area (Å²) in [7, 11) is 0. The van der Waals surface area contributed by atoms with E-state index in [1.807, 2.05) is 18.2 Å². The number of amides is 1. The summed E-state index contributed by atoms with van der Waals surface area (Å²) in [5, 5.41) is 9.89. The number of H-pyrrole nitrogens is 1. The molecule has 2 N–H and O–H groups in total. The normalized spacial score (nSPS) is 16.4. The Balaban J connectivity index is 1.59. The van der Waals surface area contributed by atoms with Gasteiger partial charge in [-0.05, 0) is 37.0 Å². The summed E-state index contributed by atoms with van der Waals surface area (Å²) in [5.74, 6) is 1.98. The van der Waals surface area contributed by atoms with Crippen molar-refractivity contribution in [3.8, 4) is 22.8 Å².